The number of rotatable bonds is 3. The van der Waals surface area contributed by atoms with Gasteiger partial charge in [0.25, 0.3) is 0 Å². The van der Waals surface area contributed by atoms with Crippen LogP contribution in [0.25, 0.3) is 0 Å². The second kappa shape index (κ2) is 7.42. The zero-order valence-corrected chi connectivity index (χ0v) is 15.8. The second-order valence-corrected chi connectivity index (χ2v) is 7.11. The number of phenols is 1. The summed E-state index contributed by atoms with van der Waals surface area (Å²) in [6.45, 7) is 0. The highest BCUT2D eigenvalue weighted by molar-refractivity contribution is 6.30. The van der Waals surface area contributed by atoms with Crippen molar-refractivity contribution in [2.24, 2.45) is 0 Å². The zero-order chi connectivity index (χ0) is 20.5. The first kappa shape index (κ1) is 18.7. The molecule has 0 radical (unpaired) electrons. The van der Waals surface area contributed by atoms with E-state index in [1.54, 1.807) is 48.5 Å². The van der Waals surface area contributed by atoms with Crippen molar-refractivity contribution in [3.63, 3.8) is 0 Å². The minimum absolute atomic E-state index is 0.0189. The molecule has 1 heterocycles. The van der Waals surface area contributed by atoms with Crippen LogP contribution in [0.3, 0.4) is 0 Å². The van der Waals surface area contributed by atoms with Gasteiger partial charge in [-0.05, 0) is 54.1 Å². The van der Waals surface area contributed by atoms with Crippen LogP contribution in [0.15, 0.2) is 60.7 Å². The fraction of sp³-hybridized carbons (Fsp3) is 0.0870. The van der Waals surface area contributed by atoms with Gasteiger partial charge >= 0.3 is 5.97 Å². The number of carbonyl (C=O) groups excluding carboxylic acids is 2. The van der Waals surface area contributed by atoms with E-state index in [1.807, 2.05) is 6.07 Å². The lowest BCUT2D eigenvalue weighted by molar-refractivity contribution is -0.135. The Morgan fingerprint density at radius 1 is 1.07 bits per heavy atom. The molecular formula is C23H14ClNO4. The highest BCUT2D eigenvalue weighted by atomic mass is 35.5. The fourth-order valence-corrected chi connectivity index (χ4v) is 3.59. The maximum absolute atomic E-state index is 12.9. The van der Waals surface area contributed by atoms with Crippen molar-refractivity contribution in [2.75, 3.05) is 0 Å². The van der Waals surface area contributed by atoms with E-state index in [4.69, 9.17) is 21.6 Å². The van der Waals surface area contributed by atoms with E-state index in [9.17, 15) is 14.7 Å². The molecule has 0 saturated heterocycles. The second-order valence-electron chi connectivity index (χ2n) is 6.67. The molecule has 142 valence electrons. The molecule has 1 aliphatic heterocycles. The number of fused-ring (bicyclic) bond motifs is 1. The van der Waals surface area contributed by atoms with Gasteiger partial charge in [0.15, 0.2) is 5.78 Å². The van der Waals surface area contributed by atoms with Crippen molar-refractivity contribution >= 4 is 23.4 Å². The summed E-state index contributed by atoms with van der Waals surface area (Å²) in [5.74, 6) is -1.28. The van der Waals surface area contributed by atoms with Crippen molar-refractivity contribution in [2.45, 2.75) is 12.3 Å². The molecule has 0 spiro atoms. The van der Waals surface area contributed by atoms with Gasteiger partial charge in [-0.25, -0.2) is 0 Å². The fourth-order valence-electron chi connectivity index (χ4n) is 3.46. The van der Waals surface area contributed by atoms with Crippen LogP contribution in [-0.4, -0.2) is 16.9 Å². The maximum Gasteiger partial charge on any atom is 0.312 e. The van der Waals surface area contributed by atoms with Gasteiger partial charge < -0.3 is 9.84 Å². The maximum atomic E-state index is 12.9. The molecule has 0 saturated carbocycles. The smallest absolute Gasteiger partial charge is 0.312 e. The van der Waals surface area contributed by atoms with Gasteiger partial charge in [-0.1, -0.05) is 23.7 Å². The number of nitrogens with zero attached hydrogens (tertiary/aromatic N) is 1. The predicted octanol–water partition coefficient (Wildman–Crippen LogP) is 4.59. The van der Waals surface area contributed by atoms with Gasteiger partial charge in [0, 0.05) is 22.1 Å². The van der Waals surface area contributed by atoms with Gasteiger partial charge in [0.1, 0.15) is 11.5 Å². The molecule has 0 amide bonds. The van der Waals surface area contributed by atoms with Crippen LogP contribution in [0.5, 0.6) is 11.5 Å². The number of carbonyl (C=O) groups is 2. The quantitative estimate of drug-likeness (QED) is 0.392. The summed E-state index contributed by atoms with van der Waals surface area (Å²) >= 11 is 5.88. The molecule has 1 atom stereocenters. The Labute approximate surface area is 171 Å². The molecule has 0 bridgehead atoms. The number of ether oxygens (including phenoxy) is 1. The number of esters is 1. The molecule has 0 aliphatic carbocycles. The van der Waals surface area contributed by atoms with Crippen LogP contribution in [0.1, 0.15) is 45.0 Å². The Morgan fingerprint density at radius 2 is 1.76 bits per heavy atom. The number of benzene rings is 3. The van der Waals surface area contributed by atoms with Crippen LogP contribution in [0, 0.1) is 11.3 Å². The van der Waals surface area contributed by atoms with Crippen LogP contribution in [0.4, 0.5) is 0 Å². The topological polar surface area (TPSA) is 87.4 Å². The lowest BCUT2D eigenvalue weighted by atomic mass is 9.83. The number of hydrogen-bond donors (Lipinski definition) is 1. The summed E-state index contributed by atoms with van der Waals surface area (Å²) in [5, 5.41) is 20.4. The van der Waals surface area contributed by atoms with E-state index in [1.165, 1.54) is 12.1 Å². The molecule has 1 N–H and O–H groups in total. The number of nitriles is 1. The van der Waals surface area contributed by atoms with Crippen molar-refractivity contribution in [3.05, 3.63) is 93.5 Å². The van der Waals surface area contributed by atoms with E-state index < -0.39 is 11.9 Å². The normalized spacial score (nSPS) is 15.2. The van der Waals surface area contributed by atoms with Gasteiger partial charge in [-0.3, -0.25) is 9.59 Å². The van der Waals surface area contributed by atoms with E-state index >= 15 is 0 Å². The van der Waals surface area contributed by atoms with Gasteiger partial charge in [0.05, 0.1) is 23.6 Å². The highest BCUT2D eigenvalue weighted by Crippen LogP contribution is 2.45. The molecule has 0 unspecified atom stereocenters. The average Bonchev–Trinajstić information content (AvgIpc) is 2.73. The third-order valence-electron chi connectivity index (χ3n) is 4.91. The molecule has 4 rings (SSSR count). The molecule has 0 aromatic heterocycles. The summed E-state index contributed by atoms with van der Waals surface area (Å²) < 4.78 is 5.29. The van der Waals surface area contributed by atoms with Crippen LogP contribution < -0.4 is 4.74 Å². The van der Waals surface area contributed by atoms with Crippen LogP contribution in [-0.2, 0) is 4.79 Å². The largest absolute Gasteiger partial charge is 0.507 e. The van der Waals surface area contributed by atoms with Crippen LogP contribution in [0.2, 0.25) is 5.02 Å². The first-order valence-electron chi connectivity index (χ1n) is 8.85. The summed E-state index contributed by atoms with van der Waals surface area (Å²) in [4.78, 5) is 25.0. The van der Waals surface area contributed by atoms with Gasteiger partial charge in [-0.15, -0.1) is 0 Å². The Morgan fingerprint density at radius 3 is 2.41 bits per heavy atom. The minimum atomic E-state index is -0.489. The number of ketones is 1. The zero-order valence-electron chi connectivity index (χ0n) is 15.1. The summed E-state index contributed by atoms with van der Waals surface area (Å²) in [6.07, 6.45) is 0.0189. The van der Waals surface area contributed by atoms with Crippen molar-refractivity contribution < 1.29 is 19.4 Å². The summed E-state index contributed by atoms with van der Waals surface area (Å²) in [7, 11) is 0. The number of hydrogen-bond acceptors (Lipinski definition) is 5. The summed E-state index contributed by atoms with van der Waals surface area (Å²) in [6, 6.07) is 18.2. The highest BCUT2D eigenvalue weighted by Gasteiger charge is 2.33. The Kier molecular flexibility index (Phi) is 4.79. The molecule has 1 aliphatic rings. The third-order valence-corrected chi connectivity index (χ3v) is 5.17. The summed E-state index contributed by atoms with van der Waals surface area (Å²) in [5.41, 5.74) is 2.11. The van der Waals surface area contributed by atoms with E-state index in [-0.39, 0.29) is 29.3 Å². The monoisotopic (exact) mass is 403 g/mol. The Balaban J connectivity index is 1.81. The van der Waals surface area contributed by atoms with E-state index in [2.05, 4.69) is 0 Å². The average molecular weight is 404 g/mol. The van der Waals surface area contributed by atoms with Crippen molar-refractivity contribution in [1.82, 2.24) is 0 Å². The molecule has 3 aromatic rings. The molecule has 6 heteroatoms. The molecule has 29 heavy (non-hydrogen) atoms. The minimum Gasteiger partial charge on any atom is -0.507 e. The number of aromatic hydroxyl groups is 1. The van der Waals surface area contributed by atoms with Gasteiger partial charge in [0.2, 0.25) is 0 Å². The molecular weight excluding hydrogens is 390 g/mol. The molecule has 5 nitrogen and oxygen atoms in total. The first-order chi connectivity index (χ1) is 14.0. The van der Waals surface area contributed by atoms with Gasteiger partial charge in [-0.2, -0.15) is 5.26 Å². The number of halogens is 1. The van der Waals surface area contributed by atoms with Crippen molar-refractivity contribution in [3.8, 4) is 17.6 Å². The van der Waals surface area contributed by atoms with E-state index in [0.29, 0.717) is 21.7 Å². The third kappa shape index (κ3) is 3.46. The molecule has 3 aromatic carbocycles. The Bertz CT molecular complexity index is 1160. The standard InChI is InChI=1S/C23H14ClNO4/c24-16-7-5-15(6-8-16)22(27)17-9-10-19-21(23(17)28)18(11-20(26)29-19)14-3-1-13(12-25)2-4-14/h1-10,18,28H,11H2/t18-/m0/s1. The Hall–Kier alpha value is -3.62. The molecule has 0 fully saturated rings. The van der Waals surface area contributed by atoms with Crippen LogP contribution >= 0.6 is 11.6 Å². The predicted molar refractivity (Wildman–Crippen MR) is 106 cm³/mol. The van der Waals surface area contributed by atoms with Crippen molar-refractivity contribution in [1.29, 1.82) is 5.26 Å². The van der Waals surface area contributed by atoms with E-state index in [0.717, 1.165) is 5.56 Å². The number of phenolic OH excluding ortho intramolecular Hbond substituents is 1. The first-order valence-corrected chi connectivity index (χ1v) is 9.22. The lowest BCUT2D eigenvalue weighted by Crippen LogP contribution is -2.22. The SMILES string of the molecule is N#Cc1ccc([C@@H]2CC(=O)Oc3ccc(C(=O)c4ccc(Cl)cc4)c(O)c32)cc1. The lowest BCUT2D eigenvalue weighted by Gasteiger charge is -2.26.